The first-order valence-electron chi connectivity index (χ1n) is 5.64. The zero-order chi connectivity index (χ0) is 12.4. The molecule has 0 radical (unpaired) electrons. The monoisotopic (exact) mass is 299 g/mol. The molecule has 1 aliphatic carbocycles. The van der Waals surface area contributed by atoms with E-state index >= 15 is 0 Å². The van der Waals surface area contributed by atoms with Crippen molar-refractivity contribution < 1.29 is 4.92 Å². The van der Waals surface area contributed by atoms with Crippen LogP contribution in [0.1, 0.15) is 26.2 Å². The van der Waals surface area contributed by atoms with Gasteiger partial charge in [-0.3, -0.25) is 10.1 Å². The van der Waals surface area contributed by atoms with E-state index in [2.05, 4.69) is 33.2 Å². The number of nitrogens with zero attached hydrogens (tertiary/aromatic N) is 2. The second-order valence-electron chi connectivity index (χ2n) is 4.40. The van der Waals surface area contributed by atoms with Crippen molar-refractivity contribution in [3.05, 3.63) is 26.9 Å². The Kier molecular flexibility index (Phi) is 3.61. The van der Waals surface area contributed by atoms with Crippen molar-refractivity contribution in [2.24, 2.45) is 5.92 Å². The van der Waals surface area contributed by atoms with Gasteiger partial charge < -0.3 is 5.32 Å². The molecule has 0 bridgehead atoms. The quantitative estimate of drug-likeness (QED) is 0.684. The van der Waals surface area contributed by atoms with Gasteiger partial charge in [-0.2, -0.15) is 0 Å². The largest absolute Gasteiger partial charge is 0.362 e. The number of nitrogens with one attached hydrogen (secondary N) is 1. The molecule has 2 rings (SSSR count). The van der Waals surface area contributed by atoms with E-state index < -0.39 is 4.92 Å². The molecule has 1 fully saturated rings. The maximum absolute atomic E-state index is 10.9. The van der Waals surface area contributed by atoms with Gasteiger partial charge in [0.2, 0.25) is 5.82 Å². The van der Waals surface area contributed by atoms with Gasteiger partial charge >= 0.3 is 5.69 Å². The van der Waals surface area contributed by atoms with Crippen molar-refractivity contribution in [1.82, 2.24) is 4.98 Å². The van der Waals surface area contributed by atoms with E-state index in [4.69, 9.17) is 0 Å². The van der Waals surface area contributed by atoms with E-state index in [1.54, 1.807) is 6.20 Å². The molecule has 0 spiro atoms. The summed E-state index contributed by atoms with van der Waals surface area (Å²) in [7, 11) is 0. The Morgan fingerprint density at radius 3 is 2.88 bits per heavy atom. The molecule has 6 heteroatoms. The van der Waals surface area contributed by atoms with Gasteiger partial charge in [-0.25, -0.2) is 4.98 Å². The normalized spacial score (nSPS) is 17.3. The molecule has 1 atom stereocenters. The van der Waals surface area contributed by atoms with Crippen LogP contribution in [0.4, 0.5) is 11.5 Å². The van der Waals surface area contributed by atoms with Gasteiger partial charge in [0, 0.05) is 22.8 Å². The maximum Gasteiger partial charge on any atom is 0.312 e. The summed E-state index contributed by atoms with van der Waals surface area (Å²) in [5.41, 5.74) is 0.0190. The van der Waals surface area contributed by atoms with Crippen LogP contribution in [-0.4, -0.2) is 15.9 Å². The molecule has 1 unspecified atom stereocenters. The van der Waals surface area contributed by atoms with Gasteiger partial charge in [0.1, 0.15) is 0 Å². The molecule has 92 valence electrons. The van der Waals surface area contributed by atoms with Crippen LogP contribution >= 0.6 is 15.9 Å². The van der Waals surface area contributed by atoms with Crippen LogP contribution in [0, 0.1) is 16.0 Å². The minimum absolute atomic E-state index is 0.0190. The number of rotatable bonds is 4. The highest BCUT2D eigenvalue weighted by atomic mass is 79.9. The smallest absolute Gasteiger partial charge is 0.312 e. The first-order chi connectivity index (χ1) is 8.08. The van der Waals surface area contributed by atoms with E-state index in [9.17, 15) is 10.1 Å². The van der Waals surface area contributed by atoms with Crippen LogP contribution in [0.5, 0.6) is 0 Å². The molecule has 1 aromatic heterocycles. The average Bonchev–Trinajstić information content (AvgIpc) is 2.17. The van der Waals surface area contributed by atoms with E-state index in [1.807, 2.05) is 0 Å². The van der Waals surface area contributed by atoms with Gasteiger partial charge in [0.15, 0.2) is 0 Å². The lowest BCUT2D eigenvalue weighted by Crippen LogP contribution is -2.31. The first-order valence-corrected chi connectivity index (χ1v) is 6.43. The predicted octanol–water partition coefficient (Wildman–Crippen LogP) is 3.35. The van der Waals surface area contributed by atoms with Crippen LogP contribution in [0.2, 0.25) is 0 Å². The fourth-order valence-electron chi connectivity index (χ4n) is 1.95. The van der Waals surface area contributed by atoms with Gasteiger partial charge in [-0.05, 0) is 41.6 Å². The molecular formula is C11H14BrN3O2. The Hall–Kier alpha value is -1.17. The van der Waals surface area contributed by atoms with E-state index in [1.165, 1.54) is 25.3 Å². The predicted molar refractivity (Wildman–Crippen MR) is 69.0 cm³/mol. The molecule has 0 aromatic carbocycles. The third-order valence-electron chi connectivity index (χ3n) is 3.25. The van der Waals surface area contributed by atoms with E-state index in [-0.39, 0.29) is 11.7 Å². The van der Waals surface area contributed by atoms with Crippen LogP contribution in [0.3, 0.4) is 0 Å². The lowest BCUT2D eigenvalue weighted by Gasteiger charge is -2.32. The Morgan fingerprint density at radius 1 is 1.65 bits per heavy atom. The summed E-state index contributed by atoms with van der Waals surface area (Å²) in [6.45, 7) is 2.05. The molecule has 0 amide bonds. The van der Waals surface area contributed by atoms with Crippen molar-refractivity contribution in [2.45, 2.75) is 32.2 Å². The van der Waals surface area contributed by atoms with Crippen LogP contribution in [0.25, 0.3) is 0 Å². The highest BCUT2D eigenvalue weighted by Gasteiger charge is 2.26. The molecule has 1 N–H and O–H groups in total. The number of halogens is 1. The molecule has 17 heavy (non-hydrogen) atoms. The van der Waals surface area contributed by atoms with Gasteiger partial charge in [-0.15, -0.1) is 0 Å². The van der Waals surface area contributed by atoms with Crippen LogP contribution in [-0.2, 0) is 0 Å². The third-order valence-corrected chi connectivity index (χ3v) is 3.69. The average molecular weight is 300 g/mol. The van der Waals surface area contributed by atoms with Crippen molar-refractivity contribution in [2.75, 3.05) is 5.32 Å². The number of aromatic nitrogens is 1. The van der Waals surface area contributed by atoms with Crippen molar-refractivity contribution in [1.29, 1.82) is 0 Å². The molecule has 0 aliphatic heterocycles. The molecule has 1 saturated carbocycles. The number of nitro groups is 1. The lowest BCUT2D eigenvalue weighted by atomic mass is 9.80. The fraction of sp³-hybridized carbons (Fsp3) is 0.545. The summed E-state index contributed by atoms with van der Waals surface area (Å²) in [6, 6.07) is 1.71. The lowest BCUT2D eigenvalue weighted by molar-refractivity contribution is -0.384. The molecule has 0 saturated heterocycles. The zero-order valence-corrected chi connectivity index (χ0v) is 11.1. The summed E-state index contributed by atoms with van der Waals surface area (Å²) in [5, 5.41) is 14.1. The minimum atomic E-state index is -0.409. The molecule has 5 nitrogen and oxygen atoms in total. The van der Waals surface area contributed by atoms with Crippen molar-refractivity contribution >= 4 is 27.4 Å². The summed E-state index contributed by atoms with van der Waals surface area (Å²) < 4.78 is 0.617. The van der Waals surface area contributed by atoms with Crippen molar-refractivity contribution in [3.8, 4) is 0 Å². The van der Waals surface area contributed by atoms with E-state index in [0.717, 1.165) is 0 Å². The zero-order valence-electron chi connectivity index (χ0n) is 9.52. The highest BCUT2D eigenvalue weighted by molar-refractivity contribution is 9.10. The fourth-order valence-corrected chi connectivity index (χ4v) is 2.27. The number of hydrogen-bond donors (Lipinski definition) is 1. The van der Waals surface area contributed by atoms with Crippen molar-refractivity contribution in [3.63, 3.8) is 0 Å². The Balaban J connectivity index is 2.16. The second-order valence-corrected chi connectivity index (χ2v) is 5.32. The molecule has 1 aromatic rings. The van der Waals surface area contributed by atoms with Crippen LogP contribution in [0.15, 0.2) is 16.7 Å². The topological polar surface area (TPSA) is 68.1 Å². The number of pyridine rings is 1. The molecule has 1 aliphatic rings. The van der Waals surface area contributed by atoms with Gasteiger partial charge in [0.05, 0.1) is 4.92 Å². The Bertz CT molecular complexity index is 435. The standard InChI is InChI=1S/C11H14BrN3O2/c1-7(8-3-2-4-8)14-11-10(15(16)17)5-9(12)6-13-11/h5-8H,2-4H2,1H3,(H,13,14). The van der Waals surface area contributed by atoms with E-state index in [0.29, 0.717) is 16.2 Å². The maximum atomic E-state index is 10.9. The van der Waals surface area contributed by atoms with Gasteiger partial charge in [-0.1, -0.05) is 6.42 Å². The van der Waals surface area contributed by atoms with Crippen LogP contribution < -0.4 is 5.32 Å². The number of hydrogen-bond acceptors (Lipinski definition) is 4. The molecular weight excluding hydrogens is 286 g/mol. The Labute approximate surface area is 108 Å². The Morgan fingerprint density at radius 2 is 2.35 bits per heavy atom. The highest BCUT2D eigenvalue weighted by Crippen LogP contribution is 2.33. The third kappa shape index (κ3) is 2.74. The summed E-state index contributed by atoms with van der Waals surface area (Å²) in [6.07, 6.45) is 5.21. The summed E-state index contributed by atoms with van der Waals surface area (Å²) in [4.78, 5) is 14.6. The molecule has 1 heterocycles. The van der Waals surface area contributed by atoms with Gasteiger partial charge in [0.25, 0.3) is 0 Å². The first kappa shape index (κ1) is 12.3. The number of anilines is 1. The summed E-state index contributed by atoms with van der Waals surface area (Å²) in [5.74, 6) is 0.970. The summed E-state index contributed by atoms with van der Waals surface area (Å²) >= 11 is 3.19. The minimum Gasteiger partial charge on any atom is -0.362 e. The SMILES string of the molecule is CC(Nc1ncc(Br)cc1[N+](=O)[O-])C1CCC1. The second kappa shape index (κ2) is 5.00.